The number of rotatable bonds is 5. The molecule has 0 radical (unpaired) electrons. The predicted molar refractivity (Wildman–Crippen MR) is 97.1 cm³/mol. The van der Waals surface area contributed by atoms with E-state index in [9.17, 15) is 0 Å². The average Bonchev–Trinajstić information content (AvgIpc) is 2.93. The van der Waals surface area contributed by atoms with Crippen LogP contribution in [0.1, 0.15) is 43.4 Å². The molecule has 1 N–H and O–H groups in total. The topological polar surface area (TPSA) is 33.6 Å². The molecule has 0 saturated heterocycles. The van der Waals surface area contributed by atoms with Crippen LogP contribution in [0.2, 0.25) is 0 Å². The van der Waals surface area contributed by atoms with Crippen molar-refractivity contribution in [2.45, 2.75) is 43.9 Å². The van der Waals surface area contributed by atoms with Gasteiger partial charge in [-0.1, -0.05) is 60.7 Å². The van der Waals surface area contributed by atoms with E-state index in [-0.39, 0.29) is 11.6 Å². The van der Waals surface area contributed by atoms with Crippen molar-refractivity contribution >= 4 is 5.84 Å². The van der Waals surface area contributed by atoms with Gasteiger partial charge in [0.2, 0.25) is 0 Å². The molecular weight excluding hydrogens is 296 g/mol. The van der Waals surface area contributed by atoms with Crippen molar-refractivity contribution in [2.24, 2.45) is 4.99 Å². The minimum Gasteiger partial charge on any atom is -0.370 e. The zero-order valence-electron chi connectivity index (χ0n) is 14.1. The van der Waals surface area contributed by atoms with Crippen molar-refractivity contribution in [3.63, 3.8) is 0 Å². The van der Waals surface area contributed by atoms with Gasteiger partial charge in [-0.2, -0.15) is 0 Å². The highest BCUT2D eigenvalue weighted by Gasteiger charge is 2.42. The SMILES string of the molecule is CC1(c2ccccc2)N=C(COC2CCC2)NC1c1ccccc1. The first kappa shape index (κ1) is 15.4. The van der Waals surface area contributed by atoms with Crippen molar-refractivity contribution in [2.75, 3.05) is 6.61 Å². The molecule has 1 fully saturated rings. The molecule has 2 aromatic rings. The second-order valence-electron chi connectivity index (χ2n) is 6.92. The first-order valence-corrected chi connectivity index (χ1v) is 8.83. The van der Waals surface area contributed by atoms with Gasteiger partial charge in [0, 0.05) is 0 Å². The van der Waals surface area contributed by atoms with E-state index in [1.165, 1.54) is 30.4 Å². The van der Waals surface area contributed by atoms with Crippen molar-refractivity contribution < 1.29 is 4.74 Å². The molecule has 4 rings (SSSR count). The van der Waals surface area contributed by atoms with E-state index in [1.54, 1.807) is 0 Å². The van der Waals surface area contributed by atoms with Crippen LogP contribution in [0.5, 0.6) is 0 Å². The zero-order chi connectivity index (χ0) is 16.4. The number of ether oxygens (including phenoxy) is 1. The summed E-state index contributed by atoms with van der Waals surface area (Å²) in [5.74, 6) is 0.960. The number of nitrogens with one attached hydrogen (secondary N) is 1. The summed E-state index contributed by atoms with van der Waals surface area (Å²) < 4.78 is 5.98. The average molecular weight is 320 g/mol. The molecular formula is C21H24N2O. The largest absolute Gasteiger partial charge is 0.370 e. The fourth-order valence-electron chi connectivity index (χ4n) is 3.55. The Morgan fingerprint density at radius 1 is 1.04 bits per heavy atom. The summed E-state index contributed by atoms with van der Waals surface area (Å²) in [6.07, 6.45) is 4.09. The maximum absolute atomic E-state index is 5.98. The van der Waals surface area contributed by atoms with Crippen LogP contribution < -0.4 is 5.32 Å². The molecule has 2 unspecified atom stereocenters. The fourth-order valence-corrected chi connectivity index (χ4v) is 3.55. The summed E-state index contributed by atoms with van der Waals surface area (Å²) in [6, 6.07) is 21.2. The van der Waals surface area contributed by atoms with Gasteiger partial charge in [-0.25, -0.2) is 0 Å². The van der Waals surface area contributed by atoms with Gasteiger partial charge >= 0.3 is 0 Å². The Balaban J connectivity index is 1.63. The highest BCUT2D eigenvalue weighted by Crippen LogP contribution is 2.42. The lowest BCUT2D eigenvalue weighted by molar-refractivity contribution is 0.0238. The molecule has 0 amide bonds. The molecule has 1 aliphatic heterocycles. The standard InChI is InChI=1S/C21H24N2O/c1-21(17-11-6-3-7-12-17)20(16-9-4-2-5-10-16)22-19(23-21)15-24-18-13-8-14-18/h2-7,9-12,18,20H,8,13-15H2,1H3,(H,22,23). The van der Waals surface area contributed by atoms with Gasteiger partial charge in [0.05, 0.1) is 12.1 Å². The summed E-state index contributed by atoms with van der Waals surface area (Å²) in [5.41, 5.74) is 2.16. The van der Waals surface area contributed by atoms with Crippen molar-refractivity contribution in [3.8, 4) is 0 Å². The second kappa shape index (κ2) is 6.40. The molecule has 0 aromatic heterocycles. The first-order valence-electron chi connectivity index (χ1n) is 8.83. The third kappa shape index (κ3) is 2.84. The number of amidine groups is 1. The summed E-state index contributed by atoms with van der Waals surface area (Å²) >= 11 is 0. The Hall–Kier alpha value is -2.13. The van der Waals surface area contributed by atoms with E-state index in [0.717, 1.165) is 5.84 Å². The van der Waals surface area contributed by atoms with E-state index >= 15 is 0 Å². The molecule has 3 nitrogen and oxygen atoms in total. The summed E-state index contributed by atoms with van der Waals surface area (Å²) in [4.78, 5) is 5.06. The van der Waals surface area contributed by atoms with Gasteiger partial charge < -0.3 is 10.1 Å². The maximum atomic E-state index is 5.98. The molecule has 2 atom stereocenters. The third-order valence-electron chi connectivity index (χ3n) is 5.24. The van der Waals surface area contributed by atoms with Crippen LogP contribution in [0.15, 0.2) is 65.7 Å². The molecule has 1 heterocycles. The lowest BCUT2D eigenvalue weighted by atomic mass is 9.82. The minimum atomic E-state index is -0.319. The molecule has 24 heavy (non-hydrogen) atoms. The summed E-state index contributed by atoms with van der Waals surface area (Å²) in [6.45, 7) is 2.79. The van der Waals surface area contributed by atoms with Crippen molar-refractivity contribution in [3.05, 3.63) is 71.8 Å². The second-order valence-corrected chi connectivity index (χ2v) is 6.92. The minimum absolute atomic E-state index is 0.126. The number of aliphatic imine (C=N–C) groups is 1. The number of hydrogen-bond donors (Lipinski definition) is 1. The molecule has 2 aliphatic rings. The van der Waals surface area contributed by atoms with E-state index in [4.69, 9.17) is 9.73 Å². The van der Waals surface area contributed by atoms with Crippen LogP contribution in [0.3, 0.4) is 0 Å². The molecule has 1 aliphatic carbocycles. The highest BCUT2D eigenvalue weighted by atomic mass is 16.5. The number of hydrogen-bond acceptors (Lipinski definition) is 3. The van der Waals surface area contributed by atoms with Gasteiger partial charge in [-0.3, -0.25) is 4.99 Å². The molecule has 0 bridgehead atoms. The van der Waals surface area contributed by atoms with Gasteiger partial charge in [0.25, 0.3) is 0 Å². The van der Waals surface area contributed by atoms with Crippen LogP contribution in [0.25, 0.3) is 0 Å². The van der Waals surface area contributed by atoms with Crippen LogP contribution in [-0.2, 0) is 10.3 Å². The molecule has 3 heteroatoms. The van der Waals surface area contributed by atoms with E-state index < -0.39 is 0 Å². The van der Waals surface area contributed by atoms with Crippen molar-refractivity contribution in [1.82, 2.24) is 5.32 Å². The Morgan fingerprint density at radius 2 is 1.71 bits per heavy atom. The van der Waals surface area contributed by atoms with Crippen LogP contribution in [-0.4, -0.2) is 18.5 Å². The maximum Gasteiger partial charge on any atom is 0.124 e. The van der Waals surface area contributed by atoms with Crippen molar-refractivity contribution in [1.29, 1.82) is 0 Å². The highest BCUT2D eigenvalue weighted by molar-refractivity contribution is 5.86. The quantitative estimate of drug-likeness (QED) is 0.895. The molecule has 1 saturated carbocycles. The lowest BCUT2D eigenvalue weighted by Gasteiger charge is -2.30. The van der Waals surface area contributed by atoms with E-state index in [0.29, 0.717) is 12.7 Å². The summed E-state index contributed by atoms with van der Waals surface area (Å²) in [5, 5.41) is 3.62. The van der Waals surface area contributed by atoms with Crippen LogP contribution in [0.4, 0.5) is 0 Å². The smallest absolute Gasteiger partial charge is 0.124 e. The van der Waals surface area contributed by atoms with E-state index in [2.05, 4.69) is 72.9 Å². The normalized spacial score (nSPS) is 26.5. The fraction of sp³-hybridized carbons (Fsp3) is 0.381. The monoisotopic (exact) mass is 320 g/mol. The third-order valence-corrected chi connectivity index (χ3v) is 5.24. The lowest BCUT2D eigenvalue weighted by Crippen LogP contribution is -2.34. The summed E-state index contributed by atoms with van der Waals surface area (Å²) in [7, 11) is 0. The van der Waals surface area contributed by atoms with Crippen LogP contribution in [0, 0.1) is 0 Å². The van der Waals surface area contributed by atoms with Crippen LogP contribution >= 0.6 is 0 Å². The first-order chi connectivity index (χ1) is 11.8. The molecule has 0 spiro atoms. The Bertz CT molecular complexity index is 709. The molecule has 2 aromatic carbocycles. The van der Waals surface area contributed by atoms with E-state index in [1.807, 2.05) is 0 Å². The predicted octanol–water partition coefficient (Wildman–Crippen LogP) is 4.21. The Labute approximate surface area is 143 Å². The Morgan fingerprint density at radius 3 is 2.33 bits per heavy atom. The molecule has 124 valence electrons. The zero-order valence-corrected chi connectivity index (χ0v) is 14.1. The number of benzene rings is 2. The van der Waals surface area contributed by atoms with Gasteiger partial charge in [-0.15, -0.1) is 0 Å². The van der Waals surface area contributed by atoms with Gasteiger partial charge in [0.1, 0.15) is 18.0 Å². The number of nitrogens with zero attached hydrogens (tertiary/aromatic N) is 1. The van der Waals surface area contributed by atoms with Gasteiger partial charge in [-0.05, 0) is 37.3 Å². The van der Waals surface area contributed by atoms with Gasteiger partial charge in [0.15, 0.2) is 0 Å². The Kier molecular flexibility index (Phi) is 4.11.